The summed E-state index contributed by atoms with van der Waals surface area (Å²) in [7, 11) is 1.86. The molecular weight excluding hydrogens is 364 g/mol. The average Bonchev–Trinajstić information content (AvgIpc) is 2.76. The molecule has 0 spiro atoms. The van der Waals surface area contributed by atoms with E-state index in [2.05, 4.69) is 28.9 Å². The first kappa shape index (κ1) is 21.2. The van der Waals surface area contributed by atoms with Gasteiger partial charge in [0.05, 0.1) is 5.69 Å². The van der Waals surface area contributed by atoms with E-state index in [1.165, 1.54) is 0 Å². The molecule has 0 saturated carbocycles. The zero-order chi connectivity index (χ0) is 20.8. The van der Waals surface area contributed by atoms with Crippen LogP contribution < -0.4 is 5.56 Å². The number of aromatic amines is 1. The van der Waals surface area contributed by atoms with Gasteiger partial charge in [0.1, 0.15) is 0 Å². The molecule has 1 aromatic heterocycles. The monoisotopic (exact) mass is 396 g/mol. The summed E-state index contributed by atoms with van der Waals surface area (Å²) in [6.45, 7) is 7.84. The molecule has 0 radical (unpaired) electrons. The Morgan fingerprint density at radius 2 is 1.83 bits per heavy atom. The number of carbonyl (C=O) groups excluding carboxylic acids is 1. The summed E-state index contributed by atoms with van der Waals surface area (Å²) in [6.07, 6.45) is 4.53. The van der Waals surface area contributed by atoms with E-state index in [1.807, 2.05) is 31.3 Å². The summed E-state index contributed by atoms with van der Waals surface area (Å²) >= 11 is 0. The Balaban J connectivity index is 1.73. The molecule has 1 N–H and O–H groups in total. The zero-order valence-corrected chi connectivity index (χ0v) is 17.8. The van der Waals surface area contributed by atoms with Crippen LogP contribution in [0.2, 0.25) is 0 Å². The number of benzene rings is 1. The molecular formula is C23H32N4O2. The first-order chi connectivity index (χ1) is 14.0. The molecule has 6 nitrogen and oxygen atoms in total. The van der Waals surface area contributed by atoms with Crippen LogP contribution in [0.4, 0.5) is 0 Å². The van der Waals surface area contributed by atoms with Crippen LogP contribution in [0.15, 0.2) is 29.1 Å². The molecule has 0 unspecified atom stereocenters. The topological polar surface area (TPSA) is 69.3 Å². The summed E-state index contributed by atoms with van der Waals surface area (Å²) < 4.78 is 0. The van der Waals surface area contributed by atoms with Crippen LogP contribution in [0.3, 0.4) is 0 Å². The highest BCUT2D eigenvalue weighted by Gasteiger charge is 2.19. The summed E-state index contributed by atoms with van der Waals surface area (Å²) in [5.41, 5.74) is 4.61. The van der Waals surface area contributed by atoms with E-state index < -0.39 is 0 Å². The molecule has 1 aromatic carbocycles. The highest BCUT2D eigenvalue weighted by atomic mass is 16.2. The minimum absolute atomic E-state index is 0.0375. The molecule has 1 heterocycles. The molecule has 2 aromatic rings. The van der Waals surface area contributed by atoms with Crippen molar-refractivity contribution in [1.82, 2.24) is 20.0 Å². The van der Waals surface area contributed by atoms with Gasteiger partial charge in [-0.2, -0.15) is 5.10 Å². The van der Waals surface area contributed by atoms with Crippen molar-refractivity contribution in [3.63, 3.8) is 0 Å². The average molecular weight is 397 g/mol. The van der Waals surface area contributed by atoms with Crippen LogP contribution >= 0.6 is 0 Å². The fourth-order valence-electron chi connectivity index (χ4n) is 4.03. The van der Waals surface area contributed by atoms with E-state index in [1.54, 1.807) is 4.90 Å². The maximum Gasteiger partial charge on any atom is 0.267 e. The second kappa shape index (κ2) is 9.83. The molecule has 6 heteroatoms. The smallest absolute Gasteiger partial charge is 0.267 e. The lowest BCUT2D eigenvalue weighted by molar-refractivity contribution is 0.0779. The number of fused-ring (bicyclic) bond motifs is 1. The number of rotatable bonds is 8. The van der Waals surface area contributed by atoms with Gasteiger partial charge in [0.15, 0.2) is 0 Å². The van der Waals surface area contributed by atoms with Crippen LogP contribution in [0.1, 0.15) is 59.4 Å². The first-order valence-electron chi connectivity index (χ1n) is 10.7. The van der Waals surface area contributed by atoms with Gasteiger partial charge >= 0.3 is 0 Å². The number of nitrogens with one attached hydrogen (secondary N) is 1. The van der Waals surface area contributed by atoms with Crippen LogP contribution in [-0.2, 0) is 19.3 Å². The highest BCUT2D eigenvalue weighted by molar-refractivity contribution is 5.94. The Morgan fingerprint density at radius 3 is 2.55 bits per heavy atom. The number of hydrogen-bond acceptors (Lipinski definition) is 4. The maximum atomic E-state index is 12.9. The SMILES string of the molecule is CCN(CC)CCN(C)C(=O)c1cccc(Cc2n[nH]c(=O)c3c2CCCC3)c1. The van der Waals surface area contributed by atoms with Gasteiger partial charge in [0, 0.05) is 37.7 Å². The second-order valence-corrected chi connectivity index (χ2v) is 7.79. The van der Waals surface area contributed by atoms with Crippen molar-refractivity contribution in [1.29, 1.82) is 0 Å². The molecule has 156 valence electrons. The lowest BCUT2D eigenvalue weighted by Crippen LogP contribution is -2.36. The molecule has 0 atom stereocenters. The van der Waals surface area contributed by atoms with Crippen LogP contribution in [0.25, 0.3) is 0 Å². The van der Waals surface area contributed by atoms with Crippen molar-refractivity contribution < 1.29 is 4.79 Å². The molecule has 1 amide bonds. The van der Waals surface area contributed by atoms with Gasteiger partial charge in [-0.25, -0.2) is 5.10 Å². The van der Waals surface area contributed by atoms with E-state index in [9.17, 15) is 9.59 Å². The van der Waals surface area contributed by atoms with Crippen molar-refractivity contribution in [2.45, 2.75) is 46.0 Å². The van der Waals surface area contributed by atoms with Gasteiger partial charge in [-0.3, -0.25) is 9.59 Å². The Labute approximate surface area is 172 Å². The third-order valence-corrected chi connectivity index (χ3v) is 5.92. The fourth-order valence-corrected chi connectivity index (χ4v) is 4.03. The number of hydrogen-bond donors (Lipinski definition) is 1. The largest absolute Gasteiger partial charge is 0.340 e. The van der Waals surface area contributed by atoms with Crippen LogP contribution in [0, 0.1) is 0 Å². The number of aromatic nitrogens is 2. The second-order valence-electron chi connectivity index (χ2n) is 7.79. The van der Waals surface area contributed by atoms with E-state index in [-0.39, 0.29) is 11.5 Å². The molecule has 0 aliphatic heterocycles. The van der Waals surface area contributed by atoms with Crippen molar-refractivity contribution in [2.24, 2.45) is 0 Å². The molecule has 0 bridgehead atoms. The highest BCUT2D eigenvalue weighted by Crippen LogP contribution is 2.22. The Hall–Kier alpha value is -2.47. The summed E-state index contributed by atoms with van der Waals surface area (Å²) in [6, 6.07) is 7.78. The summed E-state index contributed by atoms with van der Waals surface area (Å²) in [5.74, 6) is 0.0375. The maximum absolute atomic E-state index is 12.9. The van der Waals surface area contributed by atoms with Gasteiger partial charge in [0.25, 0.3) is 11.5 Å². The van der Waals surface area contributed by atoms with Crippen molar-refractivity contribution >= 4 is 5.91 Å². The van der Waals surface area contributed by atoms with E-state index >= 15 is 0 Å². The Bertz CT molecular complexity index is 902. The molecule has 29 heavy (non-hydrogen) atoms. The van der Waals surface area contributed by atoms with Crippen LogP contribution in [0.5, 0.6) is 0 Å². The molecule has 1 aliphatic rings. The van der Waals surface area contributed by atoms with Crippen LogP contribution in [-0.4, -0.2) is 59.1 Å². The molecule has 0 fully saturated rings. The predicted octanol–water partition coefficient (Wildman–Crippen LogP) is 2.65. The van der Waals surface area contributed by atoms with E-state index in [0.29, 0.717) is 18.5 Å². The minimum atomic E-state index is -0.0535. The zero-order valence-electron chi connectivity index (χ0n) is 17.8. The van der Waals surface area contributed by atoms with Crippen molar-refractivity contribution in [3.05, 3.63) is 62.6 Å². The third-order valence-electron chi connectivity index (χ3n) is 5.92. The fraction of sp³-hybridized carbons (Fsp3) is 0.522. The standard InChI is InChI=1S/C23H32N4O2/c1-4-27(5-2)14-13-26(3)23(29)18-10-8-9-17(15-18)16-21-19-11-6-7-12-20(19)22(28)25-24-21/h8-10,15H,4-7,11-14,16H2,1-3H3,(H,25,28). The van der Waals surface area contributed by atoms with E-state index in [0.717, 1.165) is 67.7 Å². The van der Waals surface area contributed by atoms with Gasteiger partial charge in [-0.15, -0.1) is 0 Å². The lowest BCUT2D eigenvalue weighted by Gasteiger charge is -2.23. The number of nitrogens with zero attached hydrogens (tertiary/aromatic N) is 3. The van der Waals surface area contributed by atoms with Gasteiger partial charge in [-0.05, 0) is 62.0 Å². The van der Waals surface area contributed by atoms with Gasteiger partial charge < -0.3 is 9.80 Å². The normalized spacial score (nSPS) is 13.4. The number of carbonyl (C=O) groups is 1. The van der Waals surface area contributed by atoms with Gasteiger partial charge in [0.2, 0.25) is 0 Å². The van der Waals surface area contributed by atoms with Crippen molar-refractivity contribution in [3.8, 4) is 0 Å². The number of likely N-dealkylation sites (N-methyl/N-ethyl adjacent to an activating group) is 2. The first-order valence-corrected chi connectivity index (χ1v) is 10.7. The molecule has 1 aliphatic carbocycles. The van der Waals surface area contributed by atoms with Gasteiger partial charge in [-0.1, -0.05) is 26.0 Å². The predicted molar refractivity (Wildman–Crippen MR) is 115 cm³/mol. The number of amides is 1. The van der Waals surface area contributed by atoms with E-state index in [4.69, 9.17) is 0 Å². The minimum Gasteiger partial charge on any atom is -0.340 e. The Morgan fingerprint density at radius 1 is 1.10 bits per heavy atom. The van der Waals surface area contributed by atoms with Crippen molar-refractivity contribution in [2.75, 3.05) is 33.2 Å². The summed E-state index contributed by atoms with van der Waals surface area (Å²) in [5, 5.41) is 6.98. The molecule has 0 saturated heterocycles. The number of H-pyrrole nitrogens is 1. The summed E-state index contributed by atoms with van der Waals surface area (Å²) in [4.78, 5) is 29.0. The third kappa shape index (κ3) is 5.12. The Kier molecular flexibility index (Phi) is 7.20. The molecule has 3 rings (SSSR count). The quantitative estimate of drug-likeness (QED) is 0.745. The lowest BCUT2D eigenvalue weighted by atomic mass is 9.90.